The van der Waals surface area contributed by atoms with Gasteiger partial charge in [-0.05, 0) is 83.6 Å². The molecule has 0 unspecified atom stereocenters. The minimum absolute atomic E-state index is 0.213. The quantitative estimate of drug-likeness (QED) is 0.218. The molecule has 1 atom stereocenters. The van der Waals surface area contributed by atoms with Gasteiger partial charge in [-0.3, -0.25) is 4.79 Å². The van der Waals surface area contributed by atoms with E-state index in [1.165, 1.54) is 24.3 Å². The Bertz CT molecular complexity index is 1600. The zero-order chi connectivity index (χ0) is 28.1. The summed E-state index contributed by atoms with van der Waals surface area (Å²) in [5.74, 6) is -0.761. The first-order chi connectivity index (χ1) is 19.4. The highest BCUT2D eigenvalue weighted by Crippen LogP contribution is 2.36. The van der Waals surface area contributed by atoms with Crippen molar-refractivity contribution in [2.45, 2.75) is 25.4 Å². The molecule has 5 N–H and O–H groups in total. The summed E-state index contributed by atoms with van der Waals surface area (Å²) in [5.41, 5.74) is 17.3. The molecule has 1 amide bonds. The summed E-state index contributed by atoms with van der Waals surface area (Å²) < 4.78 is 29.4. The molecule has 0 saturated carbocycles. The number of halogens is 2. The van der Waals surface area contributed by atoms with Gasteiger partial charge in [-0.15, -0.1) is 0 Å². The van der Waals surface area contributed by atoms with Crippen LogP contribution in [0, 0.1) is 11.6 Å². The number of aromatic nitrogens is 2. The van der Waals surface area contributed by atoms with Crippen molar-refractivity contribution < 1.29 is 13.6 Å². The molecule has 1 heterocycles. The first-order valence-electron chi connectivity index (χ1n) is 13.3. The highest BCUT2D eigenvalue weighted by atomic mass is 19.1. The number of amides is 1. The van der Waals surface area contributed by atoms with E-state index in [-0.39, 0.29) is 29.4 Å². The second-order valence-corrected chi connectivity index (χ2v) is 9.81. The number of hydrogen-bond donors (Lipinski definition) is 3. The van der Waals surface area contributed by atoms with Crippen LogP contribution in [-0.4, -0.2) is 34.6 Å². The maximum atomic E-state index is 13.8. The third-order valence-corrected chi connectivity index (χ3v) is 6.89. The van der Waals surface area contributed by atoms with Crippen molar-refractivity contribution in [3.63, 3.8) is 0 Å². The summed E-state index contributed by atoms with van der Waals surface area (Å²) in [6.07, 6.45) is 1.49. The maximum absolute atomic E-state index is 13.8. The van der Waals surface area contributed by atoms with E-state index in [4.69, 9.17) is 16.5 Å². The lowest BCUT2D eigenvalue weighted by atomic mass is 9.94. The van der Waals surface area contributed by atoms with Gasteiger partial charge in [-0.1, -0.05) is 54.6 Å². The first-order valence-corrected chi connectivity index (χ1v) is 13.3. The average Bonchev–Trinajstić information content (AvgIpc) is 3.32. The molecule has 8 heteroatoms. The molecule has 40 heavy (non-hydrogen) atoms. The standard InChI is InChI=1S/C32H31F2N5O/c33-24-12-8-22(9-13-24)27-17-29-30(18-28(27)23-10-14-25(34)15-11-23)39(20-21-5-2-1-3-6-21)31(38-29)32(40)37-19-26(36)7-4-16-35/h1-3,5-6,8-15,17-18,26H,4,7,16,19-20,35-36H2,(H,37,40)/t26-/m0/s1. The lowest BCUT2D eigenvalue weighted by Gasteiger charge is -2.14. The molecule has 0 spiro atoms. The monoisotopic (exact) mass is 539 g/mol. The second kappa shape index (κ2) is 12.2. The molecule has 0 aliphatic carbocycles. The van der Waals surface area contributed by atoms with Gasteiger partial charge in [0.05, 0.1) is 11.0 Å². The largest absolute Gasteiger partial charge is 0.348 e. The van der Waals surface area contributed by atoms with E-state index in [2.05, 4.69) is 5.32 Å². The summed E-state index contributed by atoms with van der Waals surface area (Å²) in [5, 5.41) is 2.93. The van der Waals surface area contributed by atoms with E-state index in [1.54, 1.807) is 24.3 Å². The number of carbonyl (C=O) groups is 1. The molecule has 0 radical (unpaired) electrons. The minimum Gasteiger partial charge on any atom is -0.348 e. The van der Waals surface area contributed by atoms with E-state index in [9.17, 15) is 13.6 Å². The number of nitrogens with one attached hydrogen (secondary N) is 1. The van der Waals surface area contributed by atoms with E-state index in [0.29, 0.717) is 31.6 Å². The molecule has 1 aromatic heterocycles. The van der Waals surface area contributed by atoms with Gasteiger partial charge in [0.2, 0.25) is 0 Å². The van der Waals surface area contributed by atoms with Gasteiger partial charge in [-0.2, -0.15) is 0 Å². The minimum atomic E-state index is -0.344. The fourth-order valence-electron chi connectivity index (χ4n) is 4.79. The molecule has 204 valence electrons. The lowest BCUT2D eigenvalue weighted by Crippen LogP contribution is -2.38. The van der Waals surface area contributed by atoms with Crippen molar-refractivity contribution in [1.82, 2.24) is 14.9 Å². The number of fused-ring (bicyclic) bond motifs is 1. The number of nitrogens with two attached hydrogens (primary N) is 2. The van der Waals surface area contributed by atoms with E-state index >= 15 is 0 Å². The highest BCUT2D eigenvalue weighted by molar-refractivity contribution is 5.99. The van der Waals surface area contributed by atoms with Gasteiger partial charge in [0.1, 0.15) is 11.6 Å². The van der Waals surface area contributed by atoms with E-state index in [1.807, 2.05) is 47.0 Å². The van der Waals surface area contributed by atoms with Crippen LogP contribution in [0.3, 0.4) is 0 Å². The Morgan fingerprint density at radius 2 is 1.48 bits per heavy atom. The predicted molar refractivity (Wildman–Crippen MR) is 155 cm³/mol. The molecule has 0 bridgehead atoms. The summed E-state index contributed by atoms with van der Waals surface area (Å²) in [7, 11) is 0. The van der Waals surface area contributed by atoms with Gasteiger partial charge < -0.3 is 21.4 Å². The zero-order valence-electron chi connectivity index (χ0n) is 22.0. The van der Waals surface area contributed by atoms with Crippen LogP contribution in [0.1, 0.15) is 29.0 Å². The van der Waals surface area contributed by atoms with E-state index < -0.39 is 0 Å². The molecular formula is C32H31F2N5O. The average molecular weight is 540 g/mol. The zero-order valence-corrected chi connectivity index (χ0v) is 22.0. The van der Waals surface area contributed by atoms with Gasteiger partial charge in [0.25, 0.3) is 5.91 Å². The van der Waals surface area contributed by atoms with Gasteiger partial charge >= 0.3 is 0 Å². The van der Waals surface area contributed by atoms with Crippen LogP contribution in [0.25, 0.3) is 33.3 Å². The molecule has 5 rings (SSSR count). The van der Waals surface area contributed by atoms with Crippen LogP contribution in [0.2, 0.25) is 0 Å². The maximum Gasteiger partial charge on any atom is 0.287 e. The van der Waals surface area contributed by atoms with Crippen LogP contribution >= 0.6 is 0 Å². The Morgan fingerprint density at radius 1 is 0.875 bits per heavy atom. The third-order valence-electron chi connectivity index (χ3n) is 6.89. The molecule has 0 saturated heterocycles. The van der Waals surface area contributed by atoms with E-state index in [0.717, 1.165) is 39.8 Å². The fraction of sp³-hybridized carbons (Fsp3) is 0.188. The number of benzene rings is 4. The number of nitrogens with zero attached hydrogens (tertiary/aromatic N) is 2. The van der Waals surface area contributed by atoms with Crippen molar-refractivity contribution in [2.24, 2.45) is 11.5 Å². The van der Waals surface area contributed by atoms with Crippen molar-refractivity contribution >= 4 is 16.9 Å². The van der Waals surface area contributed by atoms with Gasteiger partial charge in [-0.25, -0.2) is 13.8 Å². The van der Waals surface area contributed by atoms with Crippen LogP contribution in [0.4, 0.5) is 8.78 Å². The Kier molecular flexibility index (Phi) is 8.28. The predicted octanol–water partition coefficient (Wildman–Crippen LogP) is 5.49. The highest BCUT2D eigenvalue weighted by Gasteiger charge is 2.21. The van der Waals surface area contributed by atoms with Crippen molar-refractivity contribution in [3.05, 3.63) is 114 Å². The van der Waals surface area contributed by atoms with Crippen molar-refractivity contribution in [1.29, 1.82) is 0 Å². The smallest absolute Gasteiger partial charge is 0.287 e. The van der Waals surface area contributed by atoms with Crippen molar-refractivity contribution in [3.8, 4) is 22.3 Å². The Morgan fingerprint density at radius 3 is 2.08 bits per heavy atom. The SMILES string of the molecule is NCCC[C@H](N)CNC(=O)c1nc2cc(-c3ccc(F)cc3)c(-c3ccc(F)cc3)cc2n1Cc1ccccc1. The molecule has 5 aromatic rings. The summed E-state index contributed by atoms with van der Waals surface area (Å²) in [6, 6.07) is 25.9. The van der Waals surface area contributed by atoms with Crippen LogP contribution in [0.15, 0.2) is 91.0 Å². The molecular weight excluding hydrogens is 508 g/mol. The number of hydrogen-bond acceptors (Lipinski definition) is 4. The Labute approximate surface area is 231 Å². The van der Waals surface area contributed by atoms with Gasteiger partial charge in [0, 0.05) is 19.1 Å². The van der Waals surface area contributed by atoms with Crippen LogP contribution in [0.5, 0.6) is 0 Å². The Balaban J connectivity index is 1.65. The lowest BCUT2D eigenvalue weighted by molar-refractivity contribution is 0.0937. The topological polar surface area (TPSA) is 99.0 Å². The fourth-order valence-corrected chi connectivity index (χ4v) is 4.79. The molecule has 0 aliphatic rings. The second-order valence-electron chi connectivity index (χ2n) is 9.81. The number of rotatable bonds is 10. The first kappa shape index (κ1) is 27.2. The number of carbonyl (C=O) groups excluding carboxylic acids is 1. The van der Waals surface area contributed by atoms with Crippen LogP contribution in [-0.2, 0) is 6.54 Å². The van der Waals surface area contributed by atoms with Crippen molar-refractivity contribution in [2.75, 3.05) is 13.1 Å². The molecule has 0 fully saturated rings. The Hall–Kier alpha value is -4.40. The summed E-state index contributed by atoms with van der Waals surface area (Å²) >= 11 is 0. The molecule has 6 nitrogen and oxygen atoms in total. The third kappa shape index (κ3) is 6.09. The summed E-state index contributed by atoms with van der Waals surface area (Å²) in [6.45, 7) is 1.26. The molecule has 0 aliphatic heterocycles. The van der Waals surface area contributed by atoms with Gasteiger partial charge in [0.15, 0.2) is 5.82 Å². The number of imidazole rings is 1. The normalized spacial score (nSPS) is 12.0. The molecule has 4 aromatic carbocycles. The summed E-state index contributed by atoms with van der Waals surface area (Å²) in [4.78, 5) is 18.2. The van der Waals surface area contributed by atoms with Crippen LogP contribution < -0.4 is 16.8 Å².